The maximum absolute atomic E-state index is 12.7. The topological polar surface area (TPSA) is 77.4 Å². The summed E-state index contributed by atoms with van der Waals surface area (Å²) in [5.41, 5.74) is 1.19. The van der Waals surface area contributed by atoms with Crippen LogP contribution in [0, 0.1) is 0 Å². The Morgan fingerprint density at radius 1 is 1.15 bits per heavy atom. The fourth-order valence-corrected chi connectivity index (χ4v) is 4.88. The number of hydrogen-bond donors (Lipinski definition) is 1. The molecule has 1 N–H and O–H groups in total. The maximum Gasteiger partial charge on any atom is 0.308 e. The first kappa shape index (κ1) is 18.5. The molecule has 8 heteroatoms. The summed E-state index contributed by atoms with van der Waals surface area (Å²) in [6, 6.07) is 11.5. The minimum atomic E-state index is -3.75. The Bertz CT molecular complexity index is 1080. The summed E-state index contributed by atoms with van der Waals surface area (Å²) in [5, 5.41) is 0. The summed E-state index contributed by atoms with van der Waals surface area (Å²) in [7, 11) is -3.75. The third-order valence-electron chi connectivity index (χ3n) is 3.83. The second-order valence-electron chi connectivity index (χ2n) is 6.02. The zero-order valence-electron chi connectivity index (χ0n) is 14.7. The summed E-state index contributed by atoms with van der Waals surface area (Å²) < 4.78 is 35.5. The van der Waals surface area contributed by atoms with E-state index in [1.807, 2.05) is 20.8 Å². The summed E-state index contributed by atoms with van der Waals surface area (Å²) in [6.45, 7) is 6.27. The number of benzene rings is 2. The van der Waals surface area contributed by atoms with Crippen molar-refractivity contribution >= 4 is 37.3 Å². The normalized spacial score (nSPS) is 11.8. The van der Waals surface area contributed by atoms with Crippen molar-refractivity contribution in [1.29, 1.82) is 0 Å². The van der Waals surface area contributed by atoms with Gasteiger partial charge in [0.2, 0.25) is 0 Å². The van der Waals surface area contributed by atoms with Crippen molar-refractivity contribution in [1.82, 2.24) is 4.57 Å². The molecule has 0 saturated carbocycles. The van der Waals surface area contributed by atoms with Crippen LogP contribution >= 0.6 is 11.3 Å². The molecule has 26 heavy (non-hydrogen) atoms. The smallest absolute Gasteiger partial charge is 0.308 e. The van der Waals surface area contributed by atoms with Gasteiger partial charge >= 0.3 is 4.87 Å². The summed E-state index contributed by atoms with van der Waals surface area (Å²) >= 11 is 1.05. The molecular formula is C18H20N2O4S2. The Morgan fingerprint density at radius 3 is 2.46 bits per heavy atom. The van der Waals surface area contributed by atoms with Crippen molar-refractivity contribution in [3.8, 4) is 5.75 Å². The fourth-order valence-electron chi connectivity index (χ4n) is 2.67. The third kappa shape index (κ3) is 3.61. The van der Waals surface area contributed by atoms with Crippen LogP contribution in [0.5, 0.6) is 5.75 Å². The van der Waals surface area contributed by atoms with Gasteiger partial charge in [-0.15, -0.1) is 0 Å². The van der Waals surface area contributed by atoms with E-state index in [1.54, 1.807) is 34.9 Å². The van der Waals surface area contributed by atoms with E-state index in [9.17, 15) is 13.2 Å². The van der Waals surface area contributed by atoms with E-state index in [-0.39, 0.29) is 15.8 Å². The van der Waals surface area contributed by atoms with Crippen LogP contribution in [0.3, 0.4) is 0 Å². The van der Waals surface area contributed by atoms with Crippen LogP contribution in [0.1, 0.15) is 26.8 Å². The van der Waals surface area contributed by atoms with Gasteiger partial charge < -0.3 is 4.74 Å². The summed E-state index contributed by atoms with van der Waals surface area (Å²) in [6.07, 6.45) is 0. The highest BCUT2D eigenvalue weighted by molar-refractivity contribution is 7.92. The lowest BCUT2D eigenvalue weighted by Gasteiger charge is -2.10. The molecule has 3 aromatic rings. The minimum Gasteiger partial charge on any atom is -0.494 e. The average Bonchev–Trinajstić information content (AvgIpc) is 2.91. The minimum absolute atomic E-state index is 0.0145. The predicted molar refractivity (Wildman–Crippen MR) is 105 cm³/mol. The fraction of sp³-hybridized carbons (Fsp3) is 0.278. The first-order valence-corrected chi connectivity index (χ1v) is 10.5. The number of ether oxygens (including phenoxy) is 1. The van der Waals surface area contributed by atoms with Crippen molar-refractivity contribution in [2.75, 3.05) is 11.3 Å². The molecule has 0 spiro atoms. The molecule has 0 atom stereocenters. The van der Waals surface area contributed by atoms with E-state index < -0.39 is 10.0 Å². The van der Waals surface area contributed by atoms with Crippen molar-refractivity contribution in [2.24, 2.45) is 0 Å². The number of nitrogens with zero attached hydrogens (tertiary/aromatic N) is 1. The highest BCUT2D eigenvalue weighted by atomic mass is 32.2. The van der Waals surface area contributed by atoms with Crippen LogP contribution in [0.4, 0.5) is 5.69 Å². The molecule has 138 valence electrons. The molecule has 0 fully saturated rings. The standard InChI is InChI=1S/C18H20N2O4S2/c1-4-24-14-7-5-13(6-8-14)19-26(22,23)15-9-10-16-17(11-15)25-18(21)20(16)12(2)3/h5-12,19H,4H2,1-3H3. The van der Waals surface area contributed by atoms with Crippen molar-refractivity contribution < 1.29 is 13.2 Å². The molecule has 6 nitrogen and oxygen atoms in total. The van der Waals surface area contributed by atoms with Gasteiger partial charge in [0.15, 0.2) is 0 Å². The van der Waals surface area contributed by atoms with Gasteiger partial charge in [-0.1, -0.05) is 11.3 Å². The molecule has 0 amide bonds. The third-order valence-corrected chi connectivity index (χ3v) is 6.13. The number of nitrogens with one attached hydrogen (secondary N) is 1. The lowest BCUT2D eigenvalue weighted by atomic mass is 10.3. The lowest BCUT2D eigenvalue weighted by Crippen LogP contribution is -2.15. The first-order valence-electron chi connectivity index (χ1n) is 8.22. The van der Waals surface area contributed by atoms with Crippen LogP contribution < -0.4 is 14.3 Å². The van der Waals surface area contributed by atoms with Gasteiger partial charge in [0, 0.05) is 11.7 Å². The summed E-state index contributed by atoms with van der Waals surface area (Å²) in [5.74, 6) is 0.677. The molecule has 0 saturated heterocycles. The largest absolute Gasteiger partial charge is 0.494 e. The first-order chi connectivity index (χ1) is 12.3. The molecule has 0 bridgehead atoms. The summed E-state index contributed by atoms with van der Waals surface area (Å²) in [4.78, 5) is 12.1. The zero-order valence-corrected chi connectivity index (χ0v) is 16.4. The number of sulfonamides is 1. The highest BCUT2D eigenvalue weighted by Gasteiger charge is 2.18. The monoisotopic (exact) mass is 392 g/mol. The number of aromatic nitrogens is 1. The average molecular weight is 393 g/mol. The van der Waals surface area contributed by atoms with Gasteiger partial charge in [0.25, 0.3) is 10.0 Å². The van der Waals surface area contributed by atoms with E-state index in [0.29, 0.717) is 22.7 Å². The number of anilines is 1. The molecule has 0 unspecified atom stereocenters. The van der Waals surface area contributed by atoms with E-state index in [0.717, 1.165) is 16.9 Å². The second-order valence-corrected chi connectivity index (χ2v) is 8.70. The Balaban J connectivity index is 1.93. The van der Waals surface area contributed by atoms with E-state index in [4.69, 9.17) is 4.74 Å². The molecule has 0 aliphatic rings. The van der Waals surface area contributed by atoms with Crippen LogP contribution in [-0.4, -0.2) is 19.6 Å². The van der Waals surface area contributed by atoms with Crippen molar-refractivity contribution in [3.05, 3.63) is 52.1 Å². The van der Waals surface area contributed by atoms with Gasteiger partial charge in [-0.25, -0.2) is 8.42 Å². The van der Waals surface area contributed by atoms with E-state index >= 15 is 0 Å². The van der Waals surface area contributed by atoms with Gasteiger partial charge in [0.05, 0.1) is 21.7 Å². The second kappa shape index (κ2) is 7.13. The van der Waals surface area contributed by atoms with Crippen molar-refractivity contribution in [2.45, 2.75) is 31.7 Å². The van der Waals surface area contributed by atoms with Crippen LogP contribution in [0.15, 0.2) is 52.2 Å². The quantitative estimate of drug-likeness (QED) is 0.691. The molecular weight excluding hydrogens is 372 g/mol. The Kier molecular flexibility index (Phi) is 5.06. The number of thiazole rings is 1. The van der Waals surface area contributed by atoms with Crippen LogP contribution in [0.2, 0.25) is 0 Å². The van der Waals surface area contributed by atoms with Gasteiger partial charge in [-0.3, -0.25) is 14.1 Å². The van der Waals surface area contributed by atoms with E-state index in [2.05, 4.69) is 4.72 Å². The van der Waals surface area contributed by atoms with Crippen LogP contribution in [0.25, 0.3) is 10.2 Å². The number of fused-ring (bicyclic) bond motifs is 1. The molecule has 0 aliphatic heterocycles. The SMILES string of the molecule is CCOc1ccc(NS(=O)(=O)c2ccc3c(c2)sc(=O)n3C(C)C)cc1. The Hall–Kier alpha value is -2.32. The lowest BCUT2D eigenvalue weighted by molar-refractivity contribution is 0.340. The number of hydrogen-bond acceptors (Lipinski definition) is 5. The molecule has 0 aliphatic carbocycles. The van der Waals surface area contributed by atoms with Gasteiger partial charge in [0.1, 0.15) is 5.75 Å². The molecule has 1 heterocycles. The Morgan fingerprint density at radius 2 is 1.85 bits per heavy atom. The highest BCUT2D eigenvalue weighted by Crippen LogP contribution is 2.25. The van der Waals surface area contributed by atoms with Crippen LogP contribution in [-0.2, 0) is 10.0 Å². The van der Waals surface area contributed by atoms with Crippen molar-refractivity contribution in [3.63, 3.8) is 0 Å². The zero-order chi connectivity index (χ0) is 18.9. The van der Waals surface area contributed by atoms with Gasteiger partial charge in [-0.2, -0.15) is 0 Å². The van der Waals surface area contributed by atoms with E-state index in [1.165, 1.54) is 12.1 Å². The predicted octanol–water partition coefficient (Wildman–Crippen LogP) is 3.84. The molecule has 0 radical (unpaired) electrons. The Labute approximate surface area is 156 Å². The molecule has 1 aromatic heterocycles. The number of rotatable bonds is 6. The maximum atomic E-state index is 12.7. The van der Waals surface area contributed by atoms with Gasteiger partial charge in [-0.05, 0) is 63.2 Å². The molecule has 2 aromatic carbocycles. The molecule has 3 rings (SSSR count).